The van der Waals surface area contributed by atoms with Gasteiger partial charge in [0.05, 0.1) is 6.10 Å². The van der Waals surface area contributed by atoms with E-state index in [2.05, 4.69) is 35.9 Å². The fraction of sp³-hybridized carbons (Fsp3) is 0.467. The first kappa shape index (κ1) is 13.1. The third kappa shape index (κ3) is 2.42. The number of rotatable bonds is 5. The lowest BCUT2D eigenvalue weighted by atomic mass is 10.1. The maximum Gasteiger partial charge on any atom is 0.0782 e. The van der Waals surface area contributed by atoms with Crippen molar-refractivity contribution in [2.24, 2.45) is 5.73 Å². The van der Waals surface area contributed by atoms with Crippen molar-refractivity contribution in [1.29, 1.82) is 0 Å². The molecule has 2 rings (SSSR count). The van der Waals surface area contributed by atoms with Crippen LogP contribution in [0.5, 0.6) is 0 Å². The number of benzene rings is 1. The number of aliphatic hydroxyl groups is 1. The number of nitrogens with zero attached hydrogens (tertiary/aromatic N) is 1. The second-order valence-corrected chi connectivity index (χ2v) is 4.80. The quantitative estimate of drug-likeness (QED) is 0.852. The predicted octanol–water partition coefficient (Wildman–Crippen LogP) is 2.61. The molecule has 0 saturated carbocycles. The maximum absolute atomic E-state index is 9.89. The third-order valence-electron chi connectivity index (χ3n) is 3.44. The molecule has 0 amide bonds. The zero-order valence-corrected chi connectivity index (χ0v) is 11.2. The first-order chi connectivity index (χ1) is 8.67. The second kappa shape index (κ2) is 5.55. The van der Waals surface area contributed by atoms with Crippen LogP contribution in [-0.2, 0) is 13.0 Å². The van der Waals surface area contributed by atoms with Crippen LogP contribution >= 0.6 is 0 Å². The molecule has 0 aliphatic carbocycles. The van der Waals surface area contributed by atoms with Gasteiger partial charge in [0.25, 0.3) is 0 Å². The van der Waals surface area contributed by atoms with E-state index >= 15 is 0 Å². The number of aromatic nitrogens is 1. The summed E-state index contributed by atoms with van der Waals surface area (Å²) in [4.78, 5) is 0. The molecule has 3 heteroatoms. The van der Waals surface area contributed by atoms with Crippen molar-refractivity contribution in [3.8, 4) is 0 Å². The molecular formula is C15H22N2O. The Balaban J connectivity index is 2.53. The molecule has 98 valence electrons. The van der Waals surface area contributed by atoms with Gasteiger partial charge in [0.15, 0.2) is 0 Å². The van der Waals surface area contributed by atoms with Gasteiger partial charge in [0, 0.05) is 29.2 Å². The first-order valence-electron chi connectivity index (χ1n) is 6.67. The smallest absolute Gasteiger partial charge is 0.0782 e. The SMILES string of the molecule is CCc1ccc2c(c1)c(C(C)O)cn2CCCN. The maximum atomic E-state index is 9.89. The van der Waals surface area contributed by atoms with Gasteiger partial charge in [-0.05, 0) is 44.0 Å². The number of aryl methyl sites for hydroxylation is 2. The van der Waals surface area contributed by atoms with Gasteiger partial charge in [-0.25, -0.2) is 0 Å². The molecule has 1 unspecified atom stereocenters. The standard InChI is InChI=1S/C15H22N2O/c1-3-12-5-6-15-13(9-12)14(11(2)18)10-17(15)8-4-7-16/h5-6,9-11,18H,3-4,7-8,16H2,1-2H3. The van der Waals surface area contributed by atoms with Gasteiger partial charge >= 0.3 is 0 Å². The Bertz CT molecular complexity index is 529. The molecule has 2 aromatic rings. The van der Waals surface area contributed by atoms with Crippen LogP contribution in [-0.4, -0.2) is 16.2 Å². The van der Waals surface area contributed by atoms with Crippen LogP contribution in [0.2, 0.25) is 0 Å². The molecule has 0 aliphatic rings. The predicted molar refractivity (Wildman–Crippen MR) is 75.6 cm³/mol. The highest BCUT2D eigenvalue weighted by atomic mass is 16.3. The minimum absolute atomic E-state index is 0.432. The lowest BCUT2D eigenvalue weighted by Gasteiger charge is -2.04. The second-order valence-electron chi connectivity index (χ2n) is 4.80. The number of hydrogen-bond donors (Lipinski definition) is 2. The van der Waals surface area contributed by atoms with Crippen molar-refractivity contribution in [2.75, 3.05) is 6.54 Å². The Labute approximate surface area is 108 Å². The van der Waals surface area contributed by atoms with Gasteiger partial charge in [-0.15, -0.1) is 0 Å². The molecule has 3 nitrogen and oxygen atoms in total. The average molecular weight is 246 g/mol. The van der Waals surface area contributed by atoms with E-state index in [1.54, 1.807) is 0 Å². The highest BCUT2D eigenvalue weighted by Crippen LogP contribution is 2.28. The molecule has 0 bridgehead atoms. The van der Waals surface area contributed by atoms with Gasteiger partial charge < -0.3 is 15.4 Å². The zero-order chi connectivity index (χ0) is 13.1. The Morgan fingerprint density at radius 2 is 2.17 bits per heavy atom. The number of nitrogens with two attached hydrogens (primary N) is 1. The van der Waals surface area contributed by atoms with Crippen molar-refractivity contribution in [2.45, 2.75) is 39.3 Å². The lowest BCUT2D eigenvalue weighted by Crippen LogP contribution is -2.04. The minimum atomic E-state index is -0.432. The molecule has 1 heterocycles. The number of fused-ring (bicyclic) bond motifs is 1. The van der Waals surface area contributed by atoms with Crippen LogP contribution in [0.4, 0.5) is 0 Å². The highest BCUT2D eigenvalue weighted by molar-refractivity contribution is 5.85. The van der Waals surface area contributed by atoms with Gasteiger partial charge in [-0.3, -0.25) is 0 Å². The van der Waals surface area contributed by atoms with Gasteiger partial charge in [0.2, 0.25) is 0 Å². The Kier molecular flexibility index (Phi) is 4.04. The fourth-order valence-electron chi connectivity index (χ4n) is 2.37. The van der Waals surface area contributed by atoms with Crippen molar-refractivity contribution in [1.82, 2.24) is 4.57 Å². The molecule has 1 aromatic carbocycles. The fourth-order valence-corrected chi connectivity index (χ4v) is 2.37. The van der Waals surface area contributed by atoms with Crippen LogP contribution in [0.1, 0.15) is 37.5 Å². The number of hydrogen-bond acceptors (Lipinski definition) is 2. The summed E-state index contributed by atoms with van der Waals surface area (Å²) in [6.07, 6.45) is 3.60. The average Bonchev–Trinajstić information content (AvgIpc) is 2.74. The minimum Gasteiger partial charge on any atom is -0.389 e. The van der Waals surface area contributed by atoms with E-state index in [9.17, 15) is 5.11 Å². The lowest BCUT2D eigenvalue weighted by molar-refractivity contribution is 0.200. The van der Waals surface area contributed by atoms with Crippen LogP contribution in [0.3, 0.4) is 0 Å². The third-order valence-corrected chi connectivity index (χ3v) is 3.44. The summed E-state index contributed by atoms with van der Waals surface area (Å²) in [7, 11) is 0. The molecule has 0 spiro atoms. The monoisotopic (exact) mass is 246 g/mol. The van der Waals surface area contributed by atoms with Crippen molar-refractivity contribution >= 4 is 10.9 Å². The summed E-state index contributed by atoms with van der Waals surface area (Å²) >= 11 is 0. The molecule has 1 aromatic heterocycles. The Morgan fingerprint density at radius 1 is 1.39 bits per heavy atom. The molecule has 3 N–H and O–H groups in total. The van der Waals surface area contributed by atoms with Crippen LogP contribution in [0.15, 0.2) is 24.4 Å². The van der Waals surface area contributed by atoms with E-state index in [-0.39, 0.29) is 0 Å². The summed E-state index contributed by atoms with van der Waals surface area (Å²) in [6.45, 7) is 5.57. The van der Waals surface area contributed by atoms with Crippen molar-refractivity contribution < 1.29 is 5.11 Å². The summed E-state index contributed by atoms with van der Waals surface area (Å²) in [5.41, 5.74) is 9.08. The molecule has 0 radical (unpaired) electrons. The first-order valence-corrected chi connectivity index (χ1v) is 6.67. The molecule has 1 atom stereocenters. The van der Waals surface area contributed by atoms with Gasteiger partial charge in [-0.1, -0.05) is 13.0 Å². The Hall–Kier alpha value is -1.32. The van der Waals surface area contributed by atoms with E-state index in [0.29, 0.717) is 6.54 Å². The largest absolute Gasteiger partial charge is 0.389 e. The van der Waals surface area contributed by atoms with Crippen LogP contribution < -0.4 is 5.73 Å². The van der Waals surface area contributed by atoms with Crippen molar-refractivity contribution in [3.05, 3.63) is 35.5 Å². The van der Waals surface area contributed by atoms with E-state index in [0.717, 1.165) is 24.9 Å². The molecule has 0 saturated heterocycles. The summed E-state index contributed by atoms with van der Waals surface area (Å²) < 4.78 is 2.20. The van der Waals surface area contributed by atoms with Crippen LogP contribution in [0, 0.1) is 0 Å². The molecule has 18 heavy (non-hydrogen) atoms. The van der Waals surface area contributed by atoms with Crippen molar-refractivity contribution in [3.63, 3.8) is 0 Å². The Morgan fingerprint density at radius 3 is 2.78 bits per heavy atom. The highest BCUT2D eigenvalue weighted by Gasteiger charge is 2.12. The number of aliphatic hydroxyl groups excluding tert-OH is 1. The molecular weight excluding hydrogens is 224 g/mol. The van der Waals surface area contributed by atoms with E-state index in [1.165, 1.54) is 16.5 Å². The van der Waals surface area contributed by atoms with Crippen LogP contribution in [0.25, 0.3) is 10.9 Å². The summed E-state index contributed by atoms with van der Waals surface area (Å²) in [5, 5.41) is 11.1. The van der Waals surface area contributed by atoms with E-state index in [1.807, 2.05) is 6.92 Å². The summed E-state index contributed by atoms with van der Waals surface area (Å²) in [6, 6.07) is 6.50. The zero-order valence-electron chi connectivity index (χ0n) is 11.2. The normalized spacial score (nSPS) is 13.1. The summed E-state index contributed by atoms with van der Waals surface area (Å²) in [5.74, 6) is 0. The van der Waals surface area contributed by atoms with E-state index < -0.39 is 6.10 Å². The topological polar surface area (TPSA) is 51.2 Å². The van der Waals surface area contributed by atoms with Gasteiger partial charge in [0.1, 0.15) is 0 Å². The van der Waals surface area contributed by atoms with Gasteiger partial charge in [-0.2, -0.15) is 0 Å². The molecule has 0 aliphatic heterocycles. The van der Waals surface area contributed by atoms with E-state index in [4.69, 9.17) is 5.73 Å². The molecule has 0 fully saturated rings.